The number of ketones is 1. The number of amides is 3. The van der Waals surface area contributed by atoms with Crippen molar-refractivity contribution in [1.82, 2.24) is 15.1 Å². The number of Topliss-reactive ketones (excluding diaryl/α,β-unsaturated/α-hetero) is 1. The smallest absolute Gasteiger partial charge is 0.254 e. The topological polar surface area (TPSA) is 113 Å². The number of fused-ring (bicyclic) bond motifs is 1. The van der Waals surface area contributed by atoms with Gasteiger partial charge in [0, 0.05) is 35.7 Å². The summed E-state index contributed by atoms with van der Waals surface area (Å²) in [5, 5.41) is 2.92. The Hall–Kier alpha value is -3.95. The molecule has 8 nitrogen and oxygen atoms in total. The maximum Gasteiger partial charge on any atom is 0.254 e. The summed E-state index contributed by atoms with van der Waals surface area (Å²) < 4.78 is 0. The van der Waals surface area contributed by atoms with E-state index in [1.54, 1.807) is 64.0 Å². The second kappa shape index (κ2) is 12.5. The molecule has 2 saturated heterocycles. The molecule has 2 aliphatic rings. The minimum Gasteiger partial charge on any atom is -0.339 e. The molecular weight excluding hydrogens is 524 g/mol. The van der Waals surface area contributed by atoms with Crippen molar-refractivity contribution < 1.29 is 19.2 Å². The Kier molecular flexibility index (Phi) is 8.62. The Morgan fingerprint density at radius 3 is 2.30 bits per heavy atom. The number of rotatable bonds is 9. The first-order valence-electron chi connectivity index (χ1n) is 13.4. The first kappa shape index (κ1) is 27.6. The van der Waals surface area contributed by atoms with Gasteiger partial charge in [0.05, 0.1) is 12.6 Å². The molecule has 206 valence electrons. The van der Waals surface area contributed by atoms with Crippen LogP contribution in [0.5, 0.6) is 0 Å². The van der Waals surface area contributed by atoms with Crippen LogP contribution in [0.15, 0.2) is 84.9 Å². The molecule has 2 aliphatic heterocycles. The van der Waals surface area contributed by atoms with E-state index in [9.17, 15) is 19.2 Å². The number of likely N-dealkylation sites (tertiary alicyclic amines) is 2. The summed E-state index contributed by atoms with van der Waals surface area (Å²) in [5.41, 5.74) is 8.62. The van der Waals surface area contributed by atoms with Gasteiger partial charge in [-0.15, -0.1) is 0 Å². The molecule has 0 radical (unpaired) electrons. The van der Waals surface area contributed by atoms with Crippen LogP contribution in [-0.4, -0.2) is 70.3 Å². The highest BCUT2D eigenvalue weighted by Crippen LogP contribution is 2.31. The molecule has 0 saturated carbocycles. The van der Waals surface area contributed by atoms with Crippen LogP contribution in [0.3, 0.4) is 0 Å². The fraction of sp³-hybridized carbons (Fsp3) is 0.290. The lowest BCUT2D eigenvalue weighted by atomic mass is 10.1. The van der Waals surface area contributed by atoms with Gasteiger partial charge in [-0.25, -0.2) is 0 Å². The Morgan fingerprint density at radius 2 is 1.57 bits per heavy atom. The van der Waals surface area contributed by atoms with E-state index in [0.717, 1.165) is 11.1 Å². The van der Waals surface area contributed by atoms with Crippen LogP contribution < -0.4 is 11.1 Å². The zero-order chi connectivity index (χ0) is 28.1. The number of hydrogen-bond donors (Lipinski definition) is 2. The predicted octanol–water partition coefficient (Wildman–Crippen LogP) is 2.87. The Bertz CT molecular complexity index is 1380. The Balaban J connectivity index is 1.33. The number of benzene rings is 3. The average molecular weight is 557 g/mol. The Labute approximate surface area is 237 Å². The van der Waals surface area contributed by atoms with E-state index in [-0.39, 0.29) is 36.1 Å². The van der Waals surface area contributed by atoms with Crippen molar-refractivity contribution in [2.75, 3.05) is 18.8 Å². The van der Waals surface area contributed by atoms with E-state index in [1.165, 1.54) is 0 Å². The van der Waals surface area contributed by atoms with Gasteiger partial charge in [-0.1, -0.05) is 60.7 Å². The predicted molar refractivity (Wildman–Crippen MR) is 155 cm³/mol. The zero-order valence-corrected chi connectivity index (χ0v) is 22.9. The molecule has 3 N–H and O–H groups in total. The zero-order valence-electron chi connectivity index (χ0n) is 22.1. The molecule has 3 amide bonds. The van der Waals surface area contributed by atoms with E-state index in [2.05, 4.69) is 5.32 Å². The molecule has 3 atom stereocenters. The quantitative estimate of drug-likeness (QED) is 0.419. The van der Waals surface area contributed by atoms with E-state index in [4.69, 9.17) is 5.73 Å². The van der Waals surface area contributed by atoms with Gasteiger partial charge in [-0.3, -0.25) is 19.2 Å². The number of nitrogens with zero attached hydrogens (tertiary/aromatic N) is 2. The first-order chi connectivity index (χ1) is 19.5. The molecule has 2 heterocycles. The summed E-state index contributed by atoms with van der Waals surface area (Å²) in [6, 6.07) is 23.9. The molecule has 0 spiro atoms. The minimum atomic E-state index is -0.840. The number of thioether (sulfide) groups is 1. The lowest BCUT2D eigenvalue weighted by Gasteiger charge is -2.28. The highest BCUT2D eigenvalue weighted by molar-refractivity contribution is 7.98. The molecule has 2 fully saturated rings. The van der Waals surface area contributed by atoms with Gasteiger partial charge in [-0.2, -0.15) is 11.8 Å². The summed E-state index contributed by atoms with van der Waals surface area (Å²) in [7, 11) is 0. The summed E-state index contributed by atoms with van der Waals surface area (Å²) in [5.74, 6) is -0.0307. The molecule has 40 heavy (non-hydrogen) atoms. The summed E-state index contributed by atoms with van der Waals surface area (Å²) in [6.07, 6.45) is 0.511. The molecule has 3 aromatic rings. The van der Waals surface area contributed by atoms with Gasteiger partial charge < -0.3 is 20.9 Å². The van der Waals surface area contributed by atoms with Crippen LogP contribution in [-0.2, 0) is 21.9 Å². The third kappa shape index (κ3) is 5.95. The van der Waals surface area contributed by atoms with Crippen molar-refractivity contribution in [3.63, 3.8) is 0 Å². The van der Waals surface area contributed by atoms with Crippen LogP contribution in [0.1, 0.15) is 38.3 Å². The van der Waals surface area contributed by atoms with Crippen molar-refractivity contribution in [2.45, 2.75) is 36.8 Å². The van der Waals surface area contributed by atoms with Gasteiger partial charge in [0.1, 0.15) is 12.1 Å². The monoisotopic (exact) mass is 556 g/mol. The molecule has 0 aromatic heterocycles. The van der Waals surface area contributed by atoms with Crippen molar-refractivity contribution in [3.05, 3.63) is 107 Å². The lowest BCUT2D eigenvalue weighted by molar-refractivity contribution is -0.137. The van der Waals surface area contributed by atoms with E-state index >= 15 is 0 Å². The van der Waals surface area contributed by atoms with Crippen LogP contribution in [0.25, 0.3) is 0 Å². The second-order valence-corrected chi connectivity index (χ2v) is 11.1. The van der Waals surface area contributed by atoms with Crippen molar-refractivity contribution in [2.24, 2.45) is 5.73 Å². The van der Waals surface area contributed by atoms with Crippen LogP contribution in [0.4, 0.5) is 0 Å². The third-order valence-electron chi connectivity index (χ3n) is 7.41. The van der Waals surface area contributed by atoms with Crippen LogP contribution >= 0.6 is 11.8 Å². The SMILES string of the molecule is NCc1cccc(C(=O)NC(CSCc2ccccc2)C(=O)N2CC[C@@H]3[C@H]2C(=O)CN3C(=O)c2ccccc2)c1. The summed E-state index contributed by atoms with van der Waals surface area (Å²) >= 11 is 1.54. The maximum absolute atomic E-state index is 13.9. The molecule has 0 aliphatic carbocycles. The van der Waals surface area contributed by atoms with Crippen molar-refractivity contribution in [3.8, 4) is 0 Å². The molecular formula is C31H32N4O4S. The second-order valence-electron chi connectivity index (χ2n) is 10.0. The largest absolute Gasteiger partial charge is 0.339 e. The number of nitrogens with one attached hydrogen (secondary N) is 1. The molecule has 1 unspecified atom stereocenters. The van der Waals surface area contributed by atoms with Gasteiger partial charge in [0.2, 0.25) is 5.91 Å². The van der Waals surface area contributed by atoms with Gasteiger partial charge in [0.15, 0.2) is 5.78 Å². The first-order valence-corrected chi connectivity index (χ1v) is 14.5. The molecule has 0 bridgehead atoms. The standard InChI is InChI=1S/C31H32N4O4S/c32-17-22-10-7-13-24(16-22)29(37)33-25(20-40-19-21-8-3-1-4-9-21)31(39)34-15-14-26-28(34)27(36)18-35(26)30(38)23-11-5-2-6-12-23/h1-13,16,25-26,28H,14-15,17-20,32H2,(H,33,37)/t25?,26-,28+/m1/s1. The fourth-order valence-corrected chi connectivity index (χ4v) is 6.42. The van der Waals surface area contributed by atoms with Gasteiger partial charge in [0.25, 0.3) is 11.8 Å². The molecule has 9 heteroatoms. The van der Waals surface area contributed by atoms with Crippen molar-refractivity contribution in [1.29, 1.82) is 0 Å². The summed E-state index contributed by atoms with van der Waals surface area (Å²) in [6.45, 7) is 0.614. The average Bonchev–Trinajstić information content (AvgIpc) is 3.58. The highest BCUT2D eigenvalue weighted by atomic mass is 32.2. The number of carbonyl (C=O) groups excluding carboxylic acids is 4. The highest BCUT2D eigenvalue weighted by Gasteiger charge is 2.52. The maximum atomic E-state index is 13.9. The third-order valence-corrected chi connectivity index (χ3v) is 8.52. The van der Waals surface area contributed by atoms with E-state index < -0.39 is 12.1 Å². The van der Waals surface area contributed by atoms with Gasteiger partial charge in [-0.05, 0) is 41.8 Å². The number of hydrogen-bond acceptors (Lipinski definition) is 6. The van der Waals surface area contributed by atoms with Gasteiger partial charge >= 0.3 is 0 Å². The van der Waals surface area contributed by atoms with Crippen molar-refractivity contribution >= 4 is 35.3 Å². The number of nitrogens with two attached hydrogens (primary N) is 1. The fourth-order valence-electron chi connectivity index (χ4n) is 5.41. The van der Waals surface area contributed by atoms with E-state index in [0.29, 0.717) is 42.1 Å². The minimum absolute atomic E-state index is 0.0293. The van der Waals surface area contributed by atoms with Crippen LogP contribution in [0.2, 0.25) is 0 Å². The molecule has 5 rings (SSSR count). The van der Waals surface area contributed by atoms with Crippen LogP contribution in [0, 0.1) is 0 Å². The summed E-state index contributed by atoms with van der Waals surface area (Å²) in [4.78, 5) is 56.6. The van der Waals surface area contributed by atoms with E-state index in [1.807, 2.05) is 42.5 Å². The molecule has 3 aromatic carbocycles. The number of carbonyl (C=O) groups is 4. The normalized spacial score (nSPS) is 18.9. The Morgan fingerprint density at radius 1 is 0.900 bits per heavy atom. The lowest BCUT2D eigenvalue weighted by Crippen LogP contribution is -2.53.